The lowest BCUT2D eigenvalue weighted by atomic mass is 10.0. The lowest BCUT2D eigenvalue weighted by molar-refractivity contribution is -0.120. The first-order valence-electron chi connectivity index (χ1n) is 9.45. The van der Waals surface area contributed by atoms with Crippen LogP contribution in [0, 0.1) is 5.82 Å². The summed E-state index contributed by atoms with van der Waals surface area (Å²) in [6.07, 6.45) is 1.23. The Morgan fingerprint density at radius 3 is 2.48 bits per heavy atom. The van der Waals surface area contributed by atoms with Crippen molar-refractivity contribution in [2.24, 2.45) is 5.73 Å². The molecule has 1 heterocycles. The largest absolute Gasteiger partial charge is 0.493 e. The van der Waals surface area contributed by atoms with E-state index in [1.165, 1.54) is 38.6 Å². The molecule has 0 aliphatic carbocycles. The van der Waals surface area contributed by atoms with Crippen LogP contribution in [0.3, 0.4) is 0 Å². The zero-order chi connectivity index (χ0) is 22.4. The molecule has 1 unspecified atom stereocenters. The van der Waals surface area contributed by atoms with Gasteiger partial charge in [-0.15, -0.1) is 0 Å². The number of ether oxygens (including phenoxy) is 2. The van der Waals surface area contributed by atoms with E-state index in [9.17, 15) is 14.0 Å². The maximum atomic E-state index is 13.4. The average molecular weight is 423 g/mol. The van der Waals surface area contributed by atoms with E-state index >= 15 is 0 Å². The summed E-state index contributed by atoms with van der Waals surface area (Å²) < 4.78 is 23.8. The highest BCUT2D eigenvalue weighted by atomic mass is 19.1. The summed E-state index contributed by atoms with van der Waals surface area (Å²) >= 11 is 0. The first-order chi connectivity index (χ1) is 14.9. The number of halogens is 1. The van der Waals surface area contributed by atoms with Gasteiger partial charge in [0.05, 0.1) is 25.5 Å². The fraction of sp³-hybridized carbons (Fsp3) is 0.174. The van der Waals surface area contributed by atoms with E-state index in [4.69, 9.17) is 15.2 Å². The summed E-state index contributed by atoms with van der Waals surface area (Å²) in [5.41, 5.74) is 8.08. The molecule has 0 bridgehead atoms. The van der Waals surface area contributed by atoms with Gasteiger partial charge in [0.15, 0.2) is 11.5 Å². The molecule has 1 aromatic heterocycles. The third-order valence-electron chi connectivity index (χ3n) is 4.64. The Morgan fingerprint density at radius 1 is 1.06 bits per heavy atom. The van der Waals surface area contributed by atoms with Crippen LogP contribution >= 0.6 is 0 Å². The van der Waals surface area contributed by atoms with Gasteiger partial charge >= 0.3 is 0 Å². The van der Waals surface area contributed by atoms with E-state index < -0.39 is 17.9 Å². The standard InChI is InChI=1S/C23H22FN3O4/c1-30-20-9-7-14(11-21(20)31-2)18(25)12-22(28)27-23(29)16-6-8-19(26-13-16)15-4-3-5-17(24)10-15/h3-11,13,18H,12,25H2,1-2H3,(H,27,28,29). The number of methoxy groups -OCH3 is 2. The van der Waals surface area contributed by atoms with Gasteiger partial charge in [0, 0.05) is 24.2 Å². The fourth-order valence-electron chi connectivity index (χ4n) is 3.00. The molecule has 8 heteroatoms. The van der Waals surface area contributed by atoms with E-state index in [0.29, 0.717) is 28.3 Å². The number of pyridine rings is 1. The Bertz CT molecular complexity index is 1090. The highest BCUT2D eigenvalue weighted by Crippen LogP contribution is 2.30. The molecule has 2 amide bonds. The summed E-state index contributed by atoms with van der Waals surface area (Å²) in [5, 5.41) is 2.30. The molecule has 0 radical (unpaired) electrons. The van der Waals surface area contributed by atoms with Crippen molar-refractivity contribution in [3.05, 3.63) is 77.7 Å². The van der Waals surface area contributed by atoms with Gasteiger partial charge in [0.1, 0.15) is 5.82 Å². The van der Waals surface area contributed by atoms with Crippen LogP contribution in [-0.4, -0.2) is 31.0 Å². The van der Waals surface area contributed by atoms with E-state index in [0.717, 1.165) is 0 Å². The molecule has 1 atom stereocenters. The average Bonchev–Trinajstić information content (AvgIpc) is 2.78. The summed E-state index contributed by atoms with van der Waals surface area (Å²) in [5.74, 6) is -0.453. The zero-order valence-electron chi connectivity index (χ0n) is 17.1. The smallest absolute Gasteiger partial charge is 0.259 e. The minimum Gasteiger partial charge on any atom is -0.493 e. The predicted octanol–water partition coefficient (Wildman–Crippen LogP) is 3.25. The third-order valence-corrected chi connectivity index (χ3v) is 4.64. The molecule has 0 aliphatic heterocycles. The lowest BCUT2D eigenvalue weighted by Crippen LogP contribution is -2.32. The number of imide groups is 1. The number of nitrogens with zero attached hydrogens (tertiary/aromatic N) is 1. The summed E-state index contributed by atoms with van der Waals surface area (Å²) in [6, 6.07) is 13.6. The Morgan fingerprint density at radius 2 is 1.84 bits per heavy atom. The van der Waals surface area contributed by atoms with Crippen molar-refractivity contribution in [2.75, 3.05) is 14.2 Å². The molecule has 3 N–H and O–H groups in total. The van der Waals surface area contributed by atoms with Crippen LogP contribution in [0.5, 0.6) is 11.5 Å². The number of benzene rings is 2. The van der Waals surface area contributed by atoms with Gasteiger partial charge < -0.3 is 15.2 Å². The van der Waals surface area contributed by atoms with Crippen LogP contribution in [0.25, 0.3) is 11.3 Å². The fourth-order valence-corrected chi connectivity index (χ4v) is 3.00. The van der Waals surface area contributed by atoms with Crippen molar-refractivity contribution in [1.82, 2.24) is 10.3 Å². The third kappa shape index (κ3) is 5.43. The van der Waals surface area contributed by atoms with E-state index in [1.807, 2.05) is 0 Å². The summed E-state index contributed by atoms with van der Waals surface area (Å²) in [6.45, 7) is 0. The molecule has 0 spiro atoms. The SMILES string of the molecule is COc1ccc(C(N)CC(=O)NC(=O)c2ccc(-c3cccc(F)c3)nc2)cc1OC. The van der Waals surface area contributed by atoms with Gasteiger partial charge in [0.25, 0.3) is 5.91 Å². The number of carbonyl (C=O) groups excluding carboxylic acids is 2. The Balaban J connectivity index is 1.62. The number of amides is 2. The molecule has 0 aliphatic rings. The van der Waals surface area contributed by atoms with E-state index in [2.05, 4.69) is 10.3 Å². The van der Waals surface area contributed by atoms with Gasteiger partial charge in [-0.1, -0.05) is 18.2 Å². The van der Waals surface area contributed by atoms with Crippen molar-refractivity contribution in [2.45, 2.75) is 12.5 Å². The Hall–Kier alpha value is -3.78. The number of nitrogens with one attached hydrogen (secondary N) is 1. The minimum atomic E-state index is -0.638. The topological polar surface area (TPSA) is 104 Å². The Labute approximate surface area is 179 Å². The maximum Gasteiger partial charge on any atom is 0.259 e. The number of nitrogens with two attached hydrogens (primary N) is 1. The van der Waals surface area contributed by atoms with Crippen LogP contribution in [0.2, 0.25) is 0 Å². The predicted molar refractivity (Wildman–Crippen MR) is 113 cm³/mol. The molecule has 2 aromatic carbocycles. The highest BCUT2D eigenvalue weighted by Gasteiger charge is 2.17. The maximum absolute atomic E-state index is 13.4. The second kappa shape index (κ2) is 9.82. The molecule has 0 fully saturated rings. The van der Waals surface area contributed by atoms with E-state index in [1.54, 1.807) is 36.4 Å². The molecular formula is C23H22FN3O4. The quantitative estimate of drug-likeness (QED) is 0.605. The lowest BCUT2D eigenvalue weighted by Gasteiger charge is -2.14. The van der Waals surface area contributed by atoms with Gasteiger partial charge in [-0.25, -0.2) is 4.39 Å². The molecule has 3 aromatic rings. The monoisotopic (exact) mass is 423 g/mol. The second-order valence-corrected chi connectivity index (χ2v) is 6.74. The van der Waals surface area contributed by atoms with Crippen molar-refractivity contribution < 1.29 is 23.5 Å². The molecule has 3 rings (SSSR count). The van der Waals surface area contributed by atoms with Gasteiger partial charge in [-0.2, -0.15) is 0 Å². The zero-order valence-corrected chi connectivity index (χ0v) is 17.1. The number of hydrogen-bond acceptors (Lipinski definition) is 6. The van der Waals surface area contributed by atoms with Crippen LogP contribution < -0.4 is 20.5 Å². The van der Waals surface area contributed by atoms with Gasteiger partial charge in [0.2, 0.25) is 5.91 Å². The number of rotatable bonds is 7. The van der Waals surface area contributed by atoms with Crippen LogP contribution in [-0.2, 0) is 4.79 Å². The number of hydrogen-bond donors (Lipinski definition) is 2. The van der Waals surface area contributed by atoms with Crippen LogP contribution in [0.1, 0.15) is 28.4 Å². The van der Waals surface area contributed by atoms with Gasteiger partial charge in [-0.05, 0) is 42.0 Å². The molecule has 31 heavy (non-hydrogen) atoms. The van der Waals surface area contributed by atoms with Crippen molar-refractivity contribution in [3.8, 4) is 22.8 Å². The van der Waals surface area contributed by atoms with Gasteiger partial charge in [-0.3, -0.25) is 19.9 Å². The summed E-state index contributed by atoms with van der Waals surface area (Å²) in [4.78, 5) is 28.8. The minimum absolute atomic E-state index is 0.101. The summed E-state index contributed by atoms with van der Waals surface area (Å²) in [7, 11) is 3.03. The molecule has 0 saturated carbocycles. The Kier molecular flexibility index (Phi) is 6.94. The van der Waals surface area contributed by atoms with Crippen molar-refractivity contribution >= 4 is 11.8 Å². The first-order valence-corrected chi connectivity index (χ1v) is 9.45. The molecule has 7 nitrogen and oxygen atoms in total. The van der Waals surface area contributed by atoms with Crippen molar-refractivity contribution in [1.29, 1.82) is 0 Å². The molecular weight excluding hydrogens is 401 g/mol. The number of carbonyl (C=O) groups is 2. The number of aromatic nitrogens is 1. The highest BCUT2D eigenvalue weighted by molar-refractivity contribution is 6.04. The van der Waals surface area contributed by atoms with Crippen LogP contribution in [0.4, 0.5) is 4.39 Å². The second-order valence-electron chi connectivity index (χ2n) is 6.74. The van der Waals surface area contributed by atoms with Crippen LogP contribution in [0.15, 0.2) is 60.8 Å². The van der Waals surface area contributed by atoms with Crippen molar-refractivity contribution in [3.63, 3.8) is 0 Å². The molecule has 160 valence electrons. The van der Waals surface area contributed by atoms with E-state index in [-0.39, 0.29) is 17.8 Å². The first kappa shape index (κ1) is 21.9. The normalized spacial score (nSPS) is 11.5. The molecule has 0 saturated heterocycles.